The minimum absolute atomic E-state index is 0.804. The van der Waals surface area contributed by atoms with E-state index in [1.807, 2.05) is 6.07 Å². The number of fused-ring (bicyclic) bond motifs is 1. The van der Waals surface area contributed by atoms with Crippen LogP contribution in [0.5, 0.6) is 0 Å². The average Bonchev–Trinajstić information content (AvgIpc) is 2.49. The predicted molar refractivity (Wildman–Crippen MR) is 73.1 cm³/mol. The smallest absolute Gasteiger partial charge is 0.154 e. The Labute approximate surface area is 111 Å². The van der Waals surface area contributed by atoms with Crippen molar-refractivity contribution in [1.82, 2.24) is 19.9 Å². The van der Waals surface area contributed by atoms with Gasteiger partial charge in [0.2, 0.25) is 0 Å². The number of aromatic nitrogens is 3. The van der Waals surface area contributed by atoms with Crippen LogP contribution in [-0.2, 0) is 4.74 Å². The Morgan fingerprint density at radius 1 is 1.11 bits per heavy atom. The van der Waals surface area contributed by atoms with Crippen molar-refractivity contribution in [2.24, 2.45) is 0 Å². The predicted octanol–water partition coefficient (Wildman–Crippen LogP) is 0.769. The lowest BCUT2D eigenvalue weighted by Gasteiger charge is -2.26. The highest BCUT2D eigenvalue weighted by Crippen LogP contribution is 2.15. The number of pyridine rings is 1. The molecule has 0 spiro atoms. The molecule has 100 valence electrons. The molecule has 19 heavy (non-hydrogen) atoms. The molecule has 2 aromatic heterocycles. The highest BCUT2D eigenvalue weighted by molar-refractivity contribution is 5.84. The molecule has 0 unspecified atom stereocenters. The van der Waals surface area contributed by atoms with Gasteiger partial charge in [0.05, 0.1) is 18.7 Å². The van der Waals surface area contributed by atoms with Crippen molar-refractivity contribution < 1.29 is 4.74 Å². The summed E-state index contributed by atoms with van der Waals surface area (Å²) < 4.78 is 5.33. The number of nitrogens with one attached hydrogen (secondary N) is 1. The van der Waals surface area contributed by atoms with Crippen molar-refractivity contribution in [3.63, 3.8) is 0 Å². The molecule has 0 atom stereocenters. The van der Waals surface area contributed by atoms with Gasteiger partial charge in [0.15, 0.2) is 5.82 Å². The number of rotatable bonds is 4. The van der Waals surface area contributed by atoms with Crippen LogP contribution in [0.4, 0.5) is 5.82 Å². The van der Waals surface area contributed by atoms with Crippen molar-refractivity contribution >= 4 is 16.9 Å². The van der Waals surface area contributed by atoms with Gasteiger partial charge in [0, 0.05) is 44.8 Å². The maximum Gasteiger partial charge on any atom is 0.154 e. The van der Waals surface area contributed by atoms with Gasteiger partial charge in [-0.3, -0.25) is 9.88 Å². The molecular weight excluding hydrogens is 242 g/mol. The molecule has 0 bridgehead atoms. The normalized spacial score (nSPS) is 16.6. The van der Waals surface area contributed by atoms with Gasteiger partial charge in [-0.2, -0.15) is 0 Å². The third-order valence-electron chi connectivity index (χ3n) is 3.21. The van der Waals surface area contributed by atoms with E-state index < -0.39 is 0 Å². The van der Waals surface area contributed by atoms with Gasteiger partial charge in [0.1, 0.15) is 5.52 Å². The van der Waals surface area contributed by atoms with Crippen LogP contribution >= 0.6 is 0 Å². The van der Waals surface area contributed by atoms with Crippen LogP contribution in [0.15, 0.2) is 24.7 Å². The molecule has 6 heteroatoms. The van der Waals surface area contributed by atoms with Gasteiger partial charge in [0.25, 0.3) is 0 Å². The topological polar surface area (TPSA) is 63.2 Å². The fourth-order valence-electron chi connectivity index (χ4n) is 2.18. The summed E-state index contributed by atoms with van der Waals surface area (Å²) in [6.45, 7) is 5.51. The standard InChI is InChI=1S/C13H17N5O/c1-2-16-13(12-11(1)14-3-4-15-12)17-5-6-18-7-9-19-10-8-18/h1-4H,5-10H2,(H,16,17). The molecular formula is C13H17N5O. The minimum atomic E-state index is 0.804. The molecule has 1 N–H and O–H groups in total. The zero-order valence-corrected chi connectivity index (χ0v) is 10.7. The lowest BCUT2D eigenvalue weighted by molar-refractivity contribution is 0.0398. The van der Waals surface area contributed by atoms with E-state index in [4.69, 9.17) is 4.74 Å². The summed E-state index contributed by atoms with van der Waals surface area (Å²) in [6, 6.07) is 1.87. The van der Waals surface area contributed by atoms with Crippen LogP contribution in [0.1, 0.15) is 0 Å². The third kappa shape index (κ3) is 2.97. The van der Waals surface area contributed by atoms with Gasteiger partial charge in [-0.1, -0.05) is 0 Å². The lowest BCUT2D eigenvalue weighted by atomic mass is 10.3. The Hall–Kier alpha value is -1.79. The van der Waals surface area contributed by atoms with Crippen LogP contribution in [0.25, 0.3) is 11.0 Å². The zero-order chi connectivity index (χ0) is 12.9. The molecule has 2 aromatic rings. The van der Waals surface area contributed by atoms with E-state index in [0.29, 0.717) is 0 Å². The molecule has 1 aliphatic rings. The molecule has 1 saturated heterocycles. The summed E-state index contributed by atoms with van der Waals surface area (Å²) in [4.78, 5) is 15.3. The van der Waals surface area contributed by atoms with Crippen molar-refractivity contribution in [1.29, 1.82) is 0 Å². The van der Waals surface area contributed by atoms with Crippen molar-refractivity contribution in [2.45, 2.75) is 0 Å². The first-order valence-electron chi connectivity index (χ1n) is 6.53. The first-order chi connectivity index (χ1) is 9.43. The molecule has 0 radical (unpaired) electrons. The van der Waals surface area contributed by atoms with Gasteiger partial charge in [-0.15, -0.1) is 0 Å². The second-order valence-electron chi connectivity index (χ2n) is 4.46. The van der Waals surface area contributed by atoms with Crippen molar-refractivity contribution in [3.05, 3.63) is 24.7 Å². The molecule has 1 fully saturated rings. The van der Waals surface area contributed by atoms with E-state index in [1.54, 1.807) is 18.6 Å². The van der Waals surface area contributed by atoms with Gasteiger partial charge in [-0.05, 0) is 6.07 Å². The second-order valence-corrected chi connectivity index (χ2v) is 4.46. The van der Waals surface area contributed by atoms with Crippen LogP contribution in [-0.4, -0.2) is 59.2 Å². The summed E-state index contributed by atoms with van der Waals surface area (Å²) in [7, 11) is 0. The van der Waals surface area contributed by atoms with E-state index in [-0.39, 0.29) is 0 Å². The maximum atomic E-state index is 5.33. The summed E-state index contributed by atoms with van der Waals surface area (Å²) in [5.41, 5.74) is 1.69. The van der Waals surface area contributed by atoms with E-state index in [9.17, 15) is 0 Å². The molecule has 0 amide bonds. The highest BCUT2D eigenvalue weighted by atomic mass is 16.5. The number of hydrogen-bond acceptors (Lipinski definition) is 6. The molecule has 1 aliphatic heterocycles. The Kier molecular flexibility index (Phi) is 3.81. The quantitative estimate of drug-likeness (QED) is 0.875. The summed E-state index contributed by atoms with van der Waals surface area (Å²) in [5, 5.41) is 3.34. The number of hydrogen-bond donors (Lipinski definition) is 1. The fraction of sp³-hybridized carbons (Fsp3) is 0.462. The Morgan fingerprint density at radius 3 is 2.84 bits per heavy atom. The summed E-state index contributed by atoms with van der Waals surface area (Å²) in [6.07, 6.45) is 5.14. The minimum Gasteiger partial charge on any atom is -0.379 e. The van der Waals surface area contributed by atoms with Crippen molar-refractivity contribution in [2.75, 3.05) is 44.7 Å². The first kappa shape index (κ1) is 12.3. The van der Waals surface area contributed by atoms with Gasteiger partial charge >= 0.3 is 0 Å². The monoisotopic (exact) mass is 259 g/mol. The zero-order valence-electron chi connectivity index (χ0n) is 10.7. The molecule has 3 rings (SSSR count). The molecule has 6 nitrogen and oxygen atoms in total. The van der Waals surface area contributed by atoms with Gasteiger partial charge in [-0.25, -0.2) is 9.97 Å². The average molecular weight is 259 g/mol. The van der Waals surface area contributed by atoms with Crippen LogP contribution in [0.3, 0.4) is 0 Å². The molecule has 3 heterocycles. The van der Waals surface area contributed by atoms with Gasteiger partial charge < -0.3 is 10.1 Å². The third-order valence-corrected chi connectivity index (χ3v) is 3.21. The highest BCUT2D eigenvalue weighted by Gasteiger charge is 2.10. The van der Waals surface area contributed by atoms with E-state index in [0.717, 1.165) is 56.2 Å². The second kappa shape index (κ2) is 5.90. The molecule has 0 saturated carbocycles. The largest absolute Gasteiger partial charge is 0.379 e. The summed E-state index contributed by atoms with van der Waals surface area (Å²) in [5.74, 6) is 0.804. The molecule has 0 aromatic carbocycles. The maximum absolute atomic E-state index is 5.33. The van der Waals surface area contributed by atoms with E-state index in [1.165, 1.54) is 0 Å². The number of morpholine rings is 1. The van der Waals surface area contributed by atoms with Crippen LogP contribution < -0.4 is 5.32 Å². The van der Waals surface area contributed by atoms with E-state index in [2.05, 4.69) is 25.2 Å². The Bertz CT molecular complexity index is 536. The fourth-order valence-corrected chi connectivity index (χ4v) is 2.18. The van der Waals surface area contributed by atoms with Crippen LogP contribution in [0, 0.1) is 0 Å². The summed E-state index contributed by atoms with van der Waals surface area (Å²) >= 11 is 0. The number of nitrogens with zero attached hydrogens (tertiary/aromatic N) is 4. The lowest BCUT2D eigenvalue weighted by Crippen LogP contribution is -2.39. The molecule has 0 aliphatic carbocycles. The Balaban J connectivity index is 1.62. The SMILES string of the molecule is c1cc2nccnc2c(NCCN2CCOCC2)n1. The number of ether oxygens (including phenoxy) is 1. The first-order valence-corrected chi connectivity index (χ1v) is 6.53. The number of anilines is 1. The van der Waals surface area contributed by atoms with Crippen LogP contribution in [0.2, 0.25) is 0 Å². The van der Waals surface area contributed by atoms with Crippen molar-refractivity contribution in [3.8, 4) is 0 Å². The van der Waals surface area contributed by atoms with E-state index >= 15 is 0 Å². The Morgan fingerprint density at radius 2 is 1.95 bits per heavy atom.